The van der Waals surface area contributed by atoms with Crippen molar-refractivity contribution in [3.8, 4) is 0 Å². The Bertz CT molecular complexity index is 943. The number of thiocarbonyl (C=S) groups is 1. The van der Waals surface area contributed by atoms with Crippen molar-refractivity contribution < 1.29 is 4.79 Å². The minimum atomic E-state index is -0.111. The first-order valence-electron chi connectivity index (χ1n) is 9.22. The van der Waals surface area contributed by atoms with Crippen LogP contribution in [-0.2, 0) is 4.79 Å². The van der Waals surface area contributed by atoms with Crippen molar-refractivity contribution >= 4 is 74.9 Å². The molecule has 0 saturated carbocycles. The Morgan fingerprint density at radius 1 is 1.10 bits per heavy atom. The third-order valence-corrected chi connectivity index (χ3v) is 6.67. The fourth-order valence-corrected chi connectivity index (χ4v) is 4.49. The molecule has 29 heavy (non-hydrogen) atoms. The van der Waals surface area contributed by atoms with Gasteiger partial charge >= 0.3 is 0 Å². The maximum atomic E-state index is 12.8. The number of thioether (sulfide) groups is 1. The van der Waals surface area contributed by atoms with Crippen LogP contribution in [0.4, 0.5) is 11.4 Å². The molecular weight excluding hydrogens is 445 g/mol. The lowest BCUT2D eigenvalue weighted by atomic mass is 10.1. The van der Waals surface area contributed by atoms with Gasteiger partial charge in [0.25, 0.3) is 5.91 Å². The summed E-state index contributed by atoms with van der Waals surface area (Å²) in [4.78, 5) is 17.2. The van der Waals surface area contributed by atoms with Crippen LogP contribution in [0.3, 0.4) is 0 Å². The summed E-state index contributed by atoms with van der Waals surface area (Å²) < 4.78 is 0.522. The highest BCUT2D eigenvalue weighted by atomic mass is 35.5. The maximum Gasteiger partial charge on any atom is 0.267 e. The molecular formula is C21H21Cl2N3OS2. The van der Waals surface area contributed by atoms with Gasteiger partial charge in [0.15, 0.2) is 0 Å². The van der Waals surface area contributed by atoms with Crippen molar-refractivity contribution in [1.82, 2.24) is 4.90 Å². The van der Waals surface area contributed by atoms with E-state index in [1.54, 1.807) is 23.1 Å². The number of nitrogens with zero attached hydrogens (tertiary/aromatic N) is 2. The number of halogens is 2. The van der Waals surface area contributed by atoms with Crippen LogP contribution in [-0.4, -0.2) is 34.9 Å². The minimum Gasteiger partial charge on any atom is -0.372 e. The summed E-state index contributed by atoms with van der Waals surface area (Å²) in [7, 11) is 0. The lowest BCUT2D eigenvalue weighted by Crippen LogP contribution is -2.33. The number of nitrogens with one attached hydrogen (secondary N) is 1. The van der Waals surface area contributed by atoms with Crippen molar-refractivity contribution in [2.24, 2.45) is 0 Å². The molecule has 0 atom stereocenters. The van der Waals surface area contributed by atoms with Crippen LogP contribution in [0, 0.1) is 0 Å². The molecule has 0 bridgehead atoms. The van der Waals surface area contributed by atoms with Gasteiger partial charge in [0, 0.05) is 24.5 Å². The molecule has 1 saturated heterocycles. The summed E-state index contributed by atoms with van der Waals surface area (Å²) in [6.45, 7) is 6.45. The summed E-state index contributed by atoms with van der Waals surface area (Å²) in [6.07, 6.45) is 1.88. The first-order chi connectivity index (χ1) is 13.9. The topological polar surface area (TPSA) is 35.6 Å². The molecule has 0 unspecified atom stereocenters. The lowest BCUT2D eigenvalue weighted by Gasteiger charge is -2.20. The van der Waals surface area contributed by atoms with Crippen LogP contribution in [0.15, 0.2) is 47.4 Å². The molecule has 1 N–H and O–H groups in total. The lowest BCUT2D eigenvalue weighted by molar-refractivity contribution is -0.121. The number of carbonyl (C=O) groups excluding carboxylic acids is 1. The van der Waals surface area contributed by atoms with Crippen molar-refractivity contribution in [1.29, 1.82) is 0 Å². The Morgan fingerprint density at radius 2 is 1.79 bits per heavy atom. The van der Waals surface area contributed by atoms with E-state index >= 15 is 0 Å². The Hall–Kier alpha value is -1.73. The van der Waals surface area contributed by atoms with E-state index in [9.17, 15) is 4.79 Å². The number of carbonyl (C=O) groups is 1. The molecule has 1 aliphatic rings. The van der Waals surface area contributed by atoms with Crippen LogP contribution >= 0.6 is 47.2 Å². The standard InChI is InChI=1S/C21H21Cl2N3OS2/c1-3-25(4-2)16-8-5-14(6-9-16)11-19-20(27)26(21(28)29-19)13-24-15-7-10-17(22)18(23)12-15/h5-12,24H,3-4,13H2,1-2H3/b19-11-. The van der Waals surface area contributed by atoms with E-state index in [-0.39, 0.29) is 12.6 Å². The average Bonchev–Trinajstić information content (AvgIpc) is 2.98. The van der Waals surface area contributed by atoms with E-state index in [1.165, 1.54) is 17.4 Å². The van der Waals surface area contributed by atoms with Crippen LogP contribution in [0.1, 0.15) is 19.4 Å². The van der Waals surface area contributed by atoms with Gasteiger partial charge in [0.2, 0.25) is 0 Å². The zero-order chi connectivity index (χ0) is 21.0. The molecule has 0 aromatic heterocycles. The molecule has 1 heterocycles. The third-order valence-electron chi connectivity index (χ3n) is 4.55. The highest BCUT2D eigenvalue weighted by molar-refractivity contribution is 8.26. The highest BCUT2D eigenvalue weighted by Gasteiger charge is 2.31. The second-order valence-electron chi connectivity index (χ2n) is 6.34. The van der Waals surface area contributed by atoms with Gasteiger partial charge in [-0.3, -0.25) is 9.69 Å². The summed E-state index contributed by atoms with van der Waals surface area (Å²) >= 11 is 18.7. The molecule has 2 aromatic rings. The van der Waals surface area contributed by atoms with E-state index in [4.69, 9.17) is 35.4 Å². The molecule has 152 valence electrons. The molecule has 8 heteroatoms. The second-order valence-corrected chi connectivity index (χ2v) is 8.83. The van der Waals surface area contributed by atoms with Crippen LogP contribution in [0.2, 0.25) is 10.0 Å². The molecule has 0 aliphatic carbocycles. The number of benzene rings is 2. The smallest absolute Gasteiger partial charge is 0.267 e. The Morgan fingerprint density at radius 3 is 2.41 bits per heavy atom. The predicted octanol–water partition coefficient (Wildman–Crippen LogP) is 6.11. The summed E-state index contributed by atoms with van der Waals surface area (Å²) in [5.74, 6) is -0.111. The van der Waals surface area contributed by atoms with Gasteiger partial charge in [0.05, 0.1) is 21.6 Å². The van der Waals surface area contributed by atoms with Gasteiger partial charge in [-0.1, -0.05) is 59.3 Å². The van der Waals surface area contributed by atoms with Crippen molar-refractivity contribution in [2.45, 2.75) is 13.8 Å². The van der Waals surface area contributed by atoms with Crippen LogP contribution in [0.25, 0.3) is 6.08 Å². The Labute approximate surface area is 190 Å². The van der Waals surface area contributed by atoms with E-state index in [0.717, 1.165) is 24.3 Å². The molecule has 0 spiro atoms. The quantitative estimate of drug-likeness (QED) is 0.394. The van der Waals surface area contributed by atoms with Crippen LogP contribution in [0.5, 0.6) is 0 Å². The van der Waals surface area contributed by atoms with E-state index in [0.29, 0.717) is 19.3 Å². The van der Waals surface area contributed by atoms with E-state index in [2.05, 4.69) is 36.2 Å². The van der Waals surface area contributed by atoms with Gasteiger partial charge in [-0.05, 0) is 55.8 Å². The predicted molar refractivity (Wildman–Crippen MR) is 130 cm³/mol. The molecule has 0 radical (unpaired) electrons. The maximum absolute atomic E-state index is 12.8. The minimum absolute atomic E-state index is 0.111. The van der Waals surface area contributed by atoms with Crippen molar-refractivity contribution in [3.63, 3.8) is 0 Å². The van der Waals surface area contributed by atoms with Crippen molar-refractivity contribution in [3.05, 3.63) is 63.0 Å². The molecule has 1 amide bonds. The molecule has 4 nitrogen and oxygen atoms in total. The fraction of sp³-hybridized carbons (Fsp3) is 0.238. The molecule has 1 fully saturated rings. The summed E-state index contributed by atoms with van der Waals surface area (Å²) in [5, 5.41) is 4.10. The second kappa shape index (κ2) is 9.85. The highest BCUT2D eigenvalue weighted by Crippen LogP contribution is 2.33. The number of amides is 1. The van der Waals surface area contributed by atoms with Gasteiger partial charge in [-0.25, -0.2) is 0 Å². The number of hydrogen-bond acceptors (Lipinski definition) is 5. The number of rotatable bonds is 7. The average molecular weight is 466 g/mol. The Balaban J connectivity index is 1.68. The third kappa shape index (κ3) is 5.25. The SMILES string of the molecule is CCN(CC)c1ccc(/C=C2\SC(=S)N(CNc3ccc(Cl)c(Cl)c3)C2=O)cc1. The van der Waals surface area contributed by atoms with Gasteiger partial charge < -0.3 is 10.2 Å². The first kappa shape index (κ1) is 22.0. The first-order valence-corrected chi connectivity index (χ1v) is 11.2. The zero-order valence-electron chi connectivity index (χ0n) is 16.1. The van der Waals surface area contributed by atoms with E-state index in [1.807, 2.05) is 18.2 Å². The number of hydrogen-bond donors (Lipinski definition) is 1. The largest absolute Gasteiger partial charge is 0.372 e. The number of anilines is 2. The molecule has 3 rings (SSSR count). The molecule has 1 aliphatic heterocycles. The summed E-state index contributed by atoms with van der Waals surface area (Å²) in [6, 6.07) is 13.4. The van der Waals surface area contributed by atoms with Gasteiger partial charge in [0.1, 0.15) is 4.32 Å². The van der Waals surface area contributed by atoms with Gasteiger partial charge in [-0.15, -0.1) is 0 Å². The van der Waals surface area contributed by atoms with E-state index < -0.39 is 0 Å². The molecule has 2 aromatic carbocycles. The monoisotopic (exact) mass is 465 g/mol. The van der Waals surface area contributed by atoms with Gasteiger partial charge in [-0.2, -0.15) is 0 Å². The normalized spacial score (nSPS) is 15.3. The zero-order valence-corrected chi connectivity index (χ0v) is 19.3. The summed E-state index contributed by atoms with van der Waals surface area (Å²) in [5.41, 5.74) is 2.91. The fourth-order valence-electron chi connectivity index (χ4n) is 2.93. The van der Waals surface area contributed by atoms with Crippen molar-refractivity contribution in [2.75, 3.05) is 30.0 Å². The van der Waals surface area contributed by atoms with Crippen LogP contribution < -0.4 is 10.2 Å². The Kier molecular flexibility index (Phi) is 7.46.